The molecule has 0 bridgehead atoms. The molecule has 16 heteroatoms. The van der Waals surface area contributed by atoms with Gasteiger partial charge in [-0.1, -0.05) is 0 Å². The molecule has 0 saturated carbocycles. The van der Waals surface area contributed by atoms with E-state index < -0.39 is 112 Å². The molecule has 200 valence electrons. The molecule has 0 aliphatic carbocycles. The largest absolute Gasteiger partial charge is 0.394 e. The number of rotatable bonds is 8. The van der Waals surface area contributed by atoms with E-state index in [1.807, 2.05) is 0 Å². The fraction of sp³-hybridized carbons (Fsp3) is 1.00. The maximum Gasteiger partial charge on any atom is 0.224 e. The standard InChI is InChI=1S/C18H32O16/c19-1-5-8(22)11(25)13(27)16(31-5)30-3-7-9(23)12(26)14(28)17(32-7)34-18(4-21)15(29)10(24)6(2-20)33-18/h5-17,19-29H,1-4H2/t5?,6-,7?,8-,9-,10-,11?,12?,13?,14?,15+,16?,17?,18+/m1/s1. The van der Waals surface area contributed by atoms with Crippen molar-refractivity contribution >= 4 is 0 Å². The Kier molecular flexibility index (Phi) is 9.18. The summed E-state index contributed by atoms with van der Waals surface area (Å²) in [7, 11) is 0. The molecular weight excluding hydrogens is 472 g/mol. The van der Waals surface area contributed by atoms with Gasteiger partial charge in [0.2, 0.25) is 5.79 Å². The van der Waals surface area contributed by atoms with E-state index in [2.05, 4.69) is 0 Å². The minimum Gasteiger partial charge on any atom is -0.394 e. The van der Waals surface area contributed by atoms with Gasteiger partial charge in [0.05, 0.1) is 19.8 Å². The van der Waals surface area contributed by atoms with Gasteiger partial charge in [0, 0.05) is 0 Å². The molecule has 11 N–H and O–H groups in total. The van der Waals surface area contributed by atoms with E-state index in [0.29, 0.717) is 0 Å². The molecule has 14 atom stereocenters. The molecule has 0 spiro atoms. The Balaban J connectivity index is 1.69. The van der Waals surface area contributed by atoms with Crippen LogP contribution in [0.4, 0.5) is 0 Å². The average Bonchev–Trinajstić information content (AvgIpc) is 3.08. The van der Waals surface area contributed by atoms with Gasteiger partial charge < -0.3 is 79.9 Å². The molecular formula is C18H32O16. The summed E-state index contributed by atoms with van der Waals surface area (Å²) in [4.78, 5) is 0. The van der Waals surface area contributed by atoms with Crippen LogP contribution in [0.15, 0.2) is 0 Å². The van der Waals surface area contributed by atoms with Crippen molar-refractivity contribution in [1.29, 1.82) is 0 Å². The third kappa shape index (κ3) is 5.09. The van der Waals surface area contributed by atoms with Gasteiger partial charge in [-0.3, -0.25) is 0 Å². The van der Waals surface area contributed by atoms with E-state index in [1.165, 1.54) is 0 Å². The van der Waals surface area contributed by atoms with Crippen LogP contribution in [0.25, 0.3) is 0 Å². The lowest BCUT2D eigenvalue weighted by Gasteiger charge is -2.44. The summed E-state index contributed by atoms with van der Waals surface area (Å²) in [6.07, 6.45) is -21.8. The molecule has 3 heterocycles. The topological polar surface area (TPSA) is 269 Å². The summed E-state index contributed by atoms with van der Waals surface area (Å²) >= 11 is 0. The number of aliphatic hydroxyl groups is 11. The summed E-state index contributed by atoms with van der Waals surface area (Å²) in [5.41, 5.74) is 0. The summed E-state index contributed by atoms with van der Waals surface area (Å²) < 4.78 is 26.4. The highest BCUT2D eigenvalue weighted by Gasteiger charge is 2.58. The number of aliphatic hydroxyl groups excluding tert-OH is 11. The van der Waals surface area contributed by atoms with Crippen LogP contribution in [0, 0.1) is 0 Å². The minimum atomic E-state index is -2.36. The zero-order valence-corrected chi connectivity index (χ0v) is 17.8. The molecule has 0 aromatic heterocycles. The lowest BCUT2D eigenvalue weighted by Crippen LogP contribution is -2.63. The molecule has 8 unspecified atom stereocenters. The van der Waals surface area contributed by atoms with Gasteiger partial charge in [-0.25, -0.2) is 0 Å². The average molecular weight is 504 g/mol. The zero-order chi connectivity index (χ0) is 25.4. The molecule has 0 aromatic rings. The van der Waals surface area contributed by atoms with Crippen molar-refractivity contribution in [2.75, 3.05) is 26.4 Å². The minimum absolute atomic E-state index is 0.634. The van der Waals surface area contributed by atoms with Crippen LogP contribution in [-0.4, -0.2) is 168 Å². The number of ether oxygens (including phenoxy) is 5. The van der Waals surface area contributed by atoms with Crippen molar-refractivity contribution in [2.45, 2.75) is 85.5 Å². The van der Waals surface area contributed by atoms with Crippen LogP contribution in [-0.2, 0) is 23.7 Å². The highest BCUT2D eigenvalue weighted by molar-refractivity contribution is 4.98. The zero-order valence-electron chi connectivity index (χ0n) is 17.8. The summed E-state index contributed by atoms with van der Waals surface area (Å²) in [5.74, 6) is -2.36. The Morgan fingerprint density at radius 2 is 1.12 bits per heavy atom. The third-order valence-electron chi connectivity index (χ3n) is 6.16. The lowest BCUT2D eigenvalue weighted by atomic mass is 9.98. The first-order valence-electron chi connectivity index (χ1n) is 10.6. The smallest absolute Gasteiger partial charge is 0.224 e. The quantitative estimate of drug-likeness (QED) is 0.146. The van der Waals surface area contributed by atoms with Crippen LogP contribution in [0.5, 0.6) is 0 Å². The Morgan fingerprint density at radius 1 is 0.588 bits per heavy atom. The second-order valence-electron chi connectivity index (χ2n) is 8.41. The Bertz CT molecular complexity index is 653. The van der Waals surface area contributed by atoms with Crippen LogP contribution >= 0.6 is 0 Å². The molecule has 3 rings (SSSR count). The first-order chi connectivity index (χ1) is 16.0. The molecule has 3 fully saturated rings. The molecule has 0 aromatic carbocycles. The van der Waals surface area contributed by atoms with E-state index in [1.54, 1.807) is 0 Å². The van der Waals surface area contributed by atoms with Gasteiger partial charge >= 0.3 is 0 Å². The Labute approximate surface area is 192 Å². The summed E-state index contributed by atoms with van der Waals surface area (Å²) in [5, 5.41) is 109. The third-order valence-corrected chi connectivity index (χ3v) is 6.16. The van der Waals surface area contributed by atoms with Crippen LogP contribution in [0.1, 0.15) is 0 Å². The van der Waals surface area contributed by atoms with Crippen molar-refractivity contribution in [3.8, 4) is 0 Å². The fourth-order valence-electron chi connectivity index (χ4n) is 4.01. The SMILES string of the molecule is OCC1OC(OCC2OC(O[C@]3(CO)O[C@H](CO)[C@@H](O)[C@@H]3O)C(O)C(O)[C@@H]2O)C(O)C(O)[C@@H]1O. The summed E-state index contributed by atoms with van der Waals surface area (Å²) in [6.45, 7) is -3.14. The monoisotopic (exact) mass is 504 g/mol. The number of hydrogen-bond acceptors (Lipinski definition) is 16. The highest BCUT2D eigenvalue weighted by Crippen LogP contribution is 2.36. The van der Waals surface area contributed by atoms with Crippen molar-refractivity contribution < 1.29 is 79.9 Å². The van der Waals surface area contributed by atoms with E-state index in [-0.39, 0.29) is 0 Å². The second-order valence-corrected chi connectivity index (χ2v) is 8.41. The number of hydrogen-bond donors (Lipinski definition) is 11. The maximum atomic E-state index is 10.3. The first-order valence-corrected chi connectivity index (χ1v) is 10.6. The lowest BCUT2D eigenvalue weighted by molar-refractivity contribution is -0.388. The van der Waals surface area contributed by atoms with Crippen LogP contribution in [0.3, 0.4) is 0 Å². The molecule has 3 aliphatic heterocycles. The predicted molar refractivity (Wildman–Crippen MR) is 101 cm³/mol. The molecule has 16 nitrogen and oxygen atoms in total. The fourth-order valence-corrected chi connectivity index (χ4v) is 4.01. The van der Waals surface area contributed by atoms with E-state index in [9.17, 15) is 56.2 Å². The normalized spacial score (nSPS) is 52.1. The summed E-state index contributed by atoms with van der Waals surface area (Å²) in [6, 6.07) is 0. The van der Waals surface area contributed by atoms with E-state index >= 15 is 0 Å². The van der Waals surface area contributed by atoms with Crippen molar-refractivity contribution in [3.63, 3.8) is 0 Å². The predicted octanol–water partition coefficient (Wildman–Crippen LogP) is -7.57. The molecule has 3 saturated heterocycles. The van der Waals surface area contributed by atoms with Crippen molar-refractivity contribution in [1.82, 2.24) is 0 Å². The van der Waals surface area contributed by atoms with Crippen LogP contribution in [0.2, 0.25) is 0 Å². The van der Waals surface area contributed by atoms with E-state index in [4.69, 9.17) is 23.7 Å². The van der Waals surface area contributed by atoms with Crippen molar-refractivity contribution in [2.24, 2.45) is 0 Å². The Morgan fingerprint density at radius 3 is 1.65 bits per heavy atom. The van der Waals surface area contributed by atoms with E-state index in [0.717, 1.165) is 0 Å². The molecule has 3 aliphatic rings. The molecule has 34 heavy (non-hydrogen) atoms. The first kappa shape index (κ1) is 27.9. The molecule has 0 radical (unpaired) electrons. The second kappa shape index (κ2) is 11.2. The molecule has 0 amide bonds. The highest BCUT2D eigenvalue weighted by atomic mass is 16.8. The van der Waals surface area contributed by atoms with Gasteiger partial charge in [-0.15, -0.1) is 0 Å². The maximum absolute atomic E-state index is 10.3. The van der Waals surface area contributed by atoms with Gasteiger partial charge in [-0.2, -0.15) is 0 Å². The van der Waals surface area contributed by atoms with Gasteiger partial charge in [0.25, 0.3) is 0 Å². The van der Waals surface area contributed by atoms with Crippen molar-refractivity contribution in [3.05, 3.63) is 0 Å². The van der Waals surface area contributed by atoms with Crippen LogP contribution < -0.4 is 0 Å². The van der Waals surface area contributed by atoms with Gasteiger partial charge in [0.1, 0.15) is 73.8 Å². The van der Waals surface area contributed by atoms with Gasteiger partial charge in [-0.05, 0) is 0 Å². The Hall–Kier alpha value is -0.640. The van der Waals surface area contributed by atoms with Gasteiger partial charge in [0.15, 0.2) is 12.6 Å².